The third-order valence-corrected chi connectivity index (χ3v) is 5.84. The quantitative estimate of drug-likeness (QED) is 0.748. The van der Waals surface area contributed by atoms with Gasteiger partial charge in [-0.3, -0.25) is 9.59 Å². The summed E-state index contributed by atoms with van der Waals surface area (Å²) in [5.74, 6) is 0.0345. The Kier molecular flexibility index (Phi) is 7.77. The molecule has 2 aromatic rings. The van der Waals surface area contributed by atoms with Gasteiger partial charge in [0, 0.05) is 49.5 Å². The van der Waals surface area contributed by atoms with Crippen molar-refractivity contribution in [3.05, 3.63) is 57.6 Å². The van der Waals surface area contributed by atoms with Crippen molar-refractivity contribution >= 4 is 58.8 Å². The largest absolute Gasteiger partial charge is 0.412 e. The van der Waals surface area contributed by atoms with Crippen molar-refractivity contribution < 1.29 is 15.1 Å². The van der Waals surface area contributed by atoms with Gasteiger partial charge < -0.3 is 20.6 Å². The summed E-state index contributed by atoms with van der Waals surface area (Å²) >= 11 is 12.0. The number of carbonyl (C=O) groups is 2. The van der Waals surface area contributed by atoms with Crippen LogP contribution in [0.4, 0.5) is 11.4 Å². The van der Waals surface area contributed by atoms with Gasteiger partial charge in [0.05, 0.1) is 10.0 Å². The molecule has 3 N–H and O–H groups in total. The van der Waals surface area contributed by atoms with Crippen LogP contribution < -0.4 is 10.2 Å². The Hall–Kier alpha value is -1.99. The molecule has 2 aromatic carbocycles. The number of amides is 2. The van der Waals surface area contributed by atoms with Crippen molar-refractivity contribution in [1.29, 1.82) is 0 Å². The second-order valence-corrected chi connectivity index (χ2v) is 7.57. The first-order chi connectivity index (χ1) is 13.0. The van der Waals surface area contributed by atoms with E-state index in [0.29, 0.717) is 35.1 Å². The van der Waals surface area contributed by atoms with E-state index in [4.69, 9.17) is 23.2 Å². The molecule has 156 valence electrons. The molecule has 0 atom stereocenters. The van der Waals surface area contributed by atoms with E-state index in [1.54, 1.807) is 18.2 Å². The van der Waals surface area contributed by atoms with Crippen molar-refractivity contribution in [3.63, 3.8) is 0 Å². The lowest BCUT2D eigenvalue weighted by molar-refractivity contribution is -0.116. The topological polar surface area (TPSA) is 84.2 Å². The Bertz CT molecular complexity index is 915. The van der Waals surface area contributed by atoms with Crippen LogP contribution in [-0.2, 0) is 11.2 Å². The van der Waals surface area contributed by atoms with Gasteiger partial charge in [0.2, 0.25) is 5.91 Å². The molecule has 0 bridgehead atoms. The van der Waals surface area contributed by atoms with Crippen LogP contribution in [0, 0.1) is 0 Å². The minimum absolute atomic E-state index is 0. The van der Waals surface area contributed by atoms with Crippen LogP contribution in [0.15, 0.2) is 36.4 Å². The Morgan fingerprint density at radius 1 is 0.966 bits per heavy atom. The highest BCUT2D eigenvalue weighted by Crippen LogP contribution is 2.32. The minimum Gasteiger partial charge on any atom is -0.412 e. The molecule has 29 heavy (non-hydrogen) atoms. The van der Waals surface area contributed by atoms with E-state index in [1.807, 2.05) is 17.0 Å². The van der Waals surface area contributed by atoms with Gasteiger partial charge in [-0.05, 0) is 42.3 Å². The van der Waals surface area contributed by atoms with E-state index in [9.17, 15) is 9.59 Å². The number of fused-ring (bicyclic) bond motifs is 1. The number of halogens is 3. The molecule has 1 saturated heterocycles. The molecular formula is C20H22Cl3N3O3. The van der Waals surface area contributed by atoms with Crippen LogP contribution in [0.3, 0.4) is 0 Å². The van der Waals surface area contributed by atoms with Crippen LogP contribution in [0.2, 0.25) is 10.0 Å². The fourth-order valence-corrected chi connectivity index (χ4v) is 3.96. The molecule has 0 aliphatic carbocycles. The lowest BCUT2D eigenvalue weighted by Gasteiger charge is -2.38. The summed E-state index contributed by atoms with van der Waals surface area (Å²) < 4.78 is 0. The second-order valence-electron chi connectivity index (χ2n) is 6.76. The monoisotopic (exact) mass is 457 g/mol. The van der Waals surface area contributed by atoms with Gasteiger partial charge in [0.25, 0.3) is 5.91 Å². The SMILES string of the molecule is Cl.O.O=C1CCc2c(cccc2N2CCN(C(=O)c3ccc(Cl)c(Cl)c3)CC2)N1. The van der Waals surface area contributed by atoms with Gasteiger partial charge in [0.1, 0.15) is 0 Å². The Morgan fingerprint density at radius 2 is 1.69 bits per heavy atom. The maximum atomic E-state index is 12.7. The van der Waals surface area contributed by atoms with Crippen LogP contribution in [0.25, 0.3) is 0 Å². The number of hydrogen-bond donors (Lipinski definition) is 1. The Labute approximate surface area is 185 Å². The molecule has 0 radical (unpaired) electrons. The summed E-state index contributed by atoms with van der Waals surface area (Å²) in [5, 5.41) is 3.78. The summed E-state index contributed by atoms with van der Waals surface area (Å²) in [6.07, 6.45) is 1.26. The average Bonchev–Trinajstić information content (AvgIpc) is 2.69. The first-order valence-electron chi connectivity index (χ1n) is 8.94. The van der Waals surface area contributed by atoms with E-state index in [2.05, 4.69) is 16.3 Å². The Morgan fingerprint density at radius 3 is 2.38 bits per heavy atom. The molecule has 2 aliphatic heterocycles. The number of benzene rings is 2. The predicted octanol–water partition coefficient (Wildman–Crippen LogP) is 3.44. The smallest absolute Gasteiger partial charge is 0.254 e. The highest BCUT2D eigenvalue weighted by molar-refractivity contribution is 6.42. The minimum atomic E-state index is -0.0319. The zero-order valence-corrected chi connectivity index (χ0v) is 17.9. The van der Waals surface area contributed by atoms with Crippen LogP contribution in [0.1, 0.15) is 22.3 Å². The van der Waals surface area contributed by atoms with Gasteiger partial charge in [-0.15, -0.1) is 12.4 Å². The van der Waals surface area contributed by atoms with E-state index >= 15 is 0 Å². The molecular weight excluding hydrogens is 437 g/mol. The van der Waals surface area contributed by atoms with E-state index in [-0.39, 0.29) is 29.7 Å². The van der Waals surface area contributed by atoms with Crippen molar-refractivity contribution in [2.45, 2.75) is 12.8 Å². The van der Waals surface area contributed by atoms with E-state index in [1.165, 1.54) is 5.56 Å². The zero-order valence-electron chi connectivity index (χ0n) is 15.6. The first kappa shape index (κ1) is 23.3. The fraction of sp³-hybridized carbons (Fsp3) is 0.300. The molecule has 0 aromatic heterocycles. The molecule has 0 spiro atoms. The number of hydrogen-bond acceptors (Lipinski definition) is 3. The zero-order chi connectivity index (χ0) is 19.0. The number of nitrogens with zero attached hydrogens (tertiary/aromatic N) is 2. The van der Waals surface area contributed by atoms with Crippen molar-refractivity contribution in [2.75, 3.05) is 36.4 Å². The lowest BCUT2D eigenvalue weighted by Crippen LogP contribution is -2.49. The van der Waals surface area contributed by atoms with Gasteiger partial charge in [-0.1, -0.05) is 29.3 Å². The molecule has 0 saturated carbocycles. The fourth-order valence-electron chi connectivity index (χ4n) is 3.66. The number of nitrogens with one attached hydrogen (secondary N) is 1. The summed E-state index contributed by atoms with van der Waals surface area (Å²) in [6, 6.07) is 11.0. The number of rotatable bonds is 2. The van der Waals surface area contributed by atoms with Crippen LogP contribution in [0.5, 0.6) is 0 Å². The first-order valence-corrected chi connectivity index (χ1v) is 9.69. The molecule has 4 rings (SSSR count). The molecule has 1 fully saturated rings. The van der Waals surface area contributed by atoms with E-state index in [0.717, 1.165) is 30.9 Å². The molecule has 2 amide bonds. The van der Waals surface area contributed by atoms with Crippen LogP contribution >= 0.6 is 35.6 Å². The molecule has 2 aliphatic rings. The standard InChI is InChI=1S/C20H19Cl2N3O2.ClH.H2O/c21-15-6-4-13(12-16(15)22)20(27)25-10-8-24(9-11-25)18-3-1-2-17-14(18)5-7-19(26)23-17;;/h1-4,6,12H,5,7-11H2,(H,23,26);1H;1H2. The van der Waals surface area contributed by atoms with Crippen molar-refractivity contribution in [2.24, 2.45) is 0 Å². The summed E-state index contributed by atoms with van der Waals surface area (Å²) in [6.45, 7) is 2.76. The average molecular weight is 459 g/mol. The number of carbonyl (C=O) groups excluding carboxylic acids is 2. The predicted molar refractivity (Wildman–Crippen MR) is 119 cm³/mol. The summed E-state index contributed by atoms with van der Waals surface area (Å²) in [5.41, 5.74) is 3.78. The summed E-state index contributed by atoms with van der Waals surface area (Å²) in [7, 11) is 0. The van der Waals surface area contributed by atoms with Crippen LogP contribution in [-0.4, -0.2) is 48.4 Å². The van der Waals surface area contributed by atoms with Crippen molar-refractivity contribution in [3.8, 4) is 0 Å². The highest BCUT2D eigenvalue weighted by Gasteiger charge is 2.26. The highest BCUT2D eigenvalue weighted by atomic mass is 35.5. The Balaban J connectivity index is 0.00000150. The number of piperazine rings is 1. The molecule has 6 nitrogen and oxygen atoms in total. The molecule has 9 heteroatoms. The summed E-state index contributed by atoms with van der Waals surface area (Å²) in [4.78, 5) is 28.5. The molecule has 0 unspecified atom stereocenters. The maximum absolute atomic E-state index is 12.7. The third-order valence-electron chi connectivity index (χ3n) is 5.10. The van der Waals surface area contributed by atoms with E-state index < -0.39 is 0 Å². The van der Waals surface area contributed by atoms with Gasteiger partial charge in [0.15, 0.2) is 0 Å². The normalized spacial score (nSPS) is 15.6. The van der Waals surface area contributed by atoms with Gasteiger partial charge in [-0.25, -0.2) is 0 Å². The third kappa shape index (κ3) is 4.78. The second kappa shape index (κ2) is 9.67. The number of anilines is 2. The molecule has 2 heterocycles. The van der Waals surface area contributed by atoms with Gasteiger partial charge in [-0.2, -0.15) is 0 Å². The van der Waals surface area contributed by atoms with Crippen molar-refractivity contribution in [1.82, 2.24) is 4.90 Å². The lowest BCUT2D eigenvalue weighted by atomic mass is 10.00. The maximum Gasteiger partial charge on any atom is 0.254 e. The van der Waals surface area contributed by atoms with Gasteiger partial charge >= 0.3 is 0 Å².